The van der Waals surface area contributed by atoms with Gasteiger partial charge in [0.05, 0.1) is 12.2 Å². The van der Waals surface area contributed by atoms with Crippen LogP contribution in [0.15, 0.2) is 54.6 Å². The van der Waals surface area contributed by atoms with Gasteiger partial charge in [0.25, 0.3) is 11.8 Å². The molecule has 0 saturated carbocycles. The van der Waals surface area contributed by atoms with Gasteiger partial charge in [-0.2, -0.15) is 0 Å². The molecule has 3 rings (SSSR count). The molecule has 4 N–H and O–H groups in total. The summed E-state index contributed by atoms with van der Waals surface area (Å²) in [6.45, 7) is 4.67. The van der Waals surface area contributed by atoms with Crippen molar-refractivity contribution < 1.29 is 14.3 Å². The standard InChI is InChI=1S/C26H29N3O3S2/c1-3-4-8-15-32-20-13-11-19(12-14-20)24(31)28-26(33)29-25-22(23(27)30)17(2)21(34-25)16-18-9-6-5-7-10-18/h5-7,9-14H,3-4,8,15-16H2,1-2H3,(H2,27,30)(H2,28,29,31,33). The third-order valence-corrected chi connectivity index (χ3v) is 6.70. The van der Waals surface area contributed by atoms with Gasteiger partial charge >= 0.3 is 0 Å². The van der Waals surface area contributed by atoms with E-state index in [1.807, 2.05) is 37.3 Å². The number of hydrogen-bond acceptors (Lipinski definition) is 5. The molecular formula is C26H29N3O3S2. The predicted molar refractivity (Wildman–Crippen MR) is 142 cm³/mol. The molecule has 0 atom stereocenters. The molecule has 0 fully saturated rings. The second-order valence-electron chi connectivity index (χ2n) is 7.87. The lowest BCUT2D eigenvalue weighted by atomic mass is 10.1. The molecule has 0 bridgehead atoms. The van der Waals surface area contributed by atoms with Crippen molar-refractivity contribution in [3.63, 3.8) is 0 Å². The van der Waals surface area contributed by atoms with E-state index < -0.39 is 5.91 Å². The maximum absolute atomic E-state index is 12.6. The summed E-state index contributed by atoms with van der Waals surface area (Å²) < 4.78 is 5.68. The summed E-state index contributed by atoms with van der Waals surface area (Å²) in [5, 5.41) is 6.27. The third-order valence-electron chi connectivity index (χ3n) is 5.29. The fraction of sp³-hybridized carbons (Fsp3) is 0.269. The number of carbonyl (C=O) groups excluding carboxylic acids is 2. The van der Waals surface area contributed by atoms with Crippen LogP contribution in [0.4, 0.5) is 5.00 Å². The van der Waals surface area contributed by atoms with Crippen molar-refractivity contribution in [2.75, 3.05) is 11.9 Å². The van der Waals surface area contributed by atoms with E-state index in [0.717, 1.165) is 41.0 Å². The highest BCUT2D eigenvalue weighted by atomic mass is 32.1. The Morgan fingerprint density at radius 1 is 1.06 bits per heavy atom. The Labute approximate surface area is 209 Å². The van der Waals surface area contributed by atoms with Gasteiger partial charge in [0.1, 0.15) is 10.8 Å². The number of ether oxygens (including phenoxy) is 1. The van der Waals surface area contributed by atoms with E-state index in [-0.39, 0.29) is 11.0 Å². The van der Waals surface area contributed by atoms with E-state index in [2.05, 4.69) is 17.6 Å². The topological polar surface area (TPSA) is 93.4 Å². The molecule has 0 unspecified atom stereocenters. The number of rotatable bonds is 10. The quantitative estimate of drug-likeness (QED) is 0.257. The predicted octanol–water partition coefficient (Wildman–Crippen LogP) is 5.44. The van der Waals surface area contributed by atoms with Gasteiger partial charge in [-0.25, -0.2) is 0 Å². The van der Waals surface area contributed by atoms with Crippen molar-refractivity contribution in [3.8, 4) is 5.75 Å². The molecule has 0 aliphatic rings. The van der Waals surface area contributed by atoms with Crippen molar-refractivity contribution in [1.29, 1.82) is 0 Å². The molecule has 0 aliphatic carbocycles. The summed E-state index contributed by atoms with van der Waals surface area (Å²) in [7, 11) is 0. The van der Waals surface area contributed by atoms with Crippen molar-refractivity contribution in [3.05, 3.63) is 81.7 Å². The lowest BCUT2D eigenvalue weighted by Crippen LogP contribution is -2.34. The second-order valence-corrected chi connectivity index (χ2v) is 9.38. The summed E-state index contributed by atoms with van der Waals surface area (Å²) in [5.41, 5.74) is 8.42. The van der Waals surface area contributed by atoms with E-state index in [1.165, 1.54) is 11.3 Å². The molecule has 6 nitrogen and oxygen atoms in total. The zero-order valence-corrected chi connectivity index (χ0v) is 21.0. The minimum Gasteiger partial charge on any atom is -0.494 e. The van der Waals surface area contributed by atoms with Crippen molar-refractivity contribution in [1.82, 2.24) is 5.32 Å². The zero-order valence-electron chi connectivity index (χ0n) is 19.4. The number of nitrogens with one attached hydrogen (secondary N) is 2. The van der Waals surface area contributed by atoms with Crippen molar-refractivity contribution in [2.24, 2.45) is 5.73 Å². The molecule has 0 saturated heterocycles. The molecule has 0 spiro atoms. The van der Waals surface area contributed by atoms with Crippen LogP contribution in [0.25, 0.3) is 0 Å². The molecular weight excluding hydrogens is 466 g/mol. The van der Waals surface area contributed by atoms with Crippen LogP contribution in [0.3, 0.4) is 0 Å². The number of primary amides is 1. The summed E-state index contributed by atoms with van der Waals surface area (Å²) >= 11 is 6.74. The minimum absolute atomic E-state index is 0.0971. The summed E-state index contributed by atoms with van der Waals surface area (Å²) in [6.07, 6.45) is 3.93. The average Bonchev–Trinajstić information content (AvgIpc) is 3.12. The van der Waals surface area contributed by atoms with Gasteiger partial charge in [-0.3, -0.25) is 14.9 Å². The van der Waals surface area contributed by atoms with Gasteiger partial charge in [0.15, 0.2) is 5.11 Å². The molecule has 34 heavy (non-hydrogen) atoms. The van der Waals surface area contributed by atoms with Gasteiger partial charge < -0.3 is 15.8 Å². The normalized spacial score (nSPS) is 10.5. The van der Waals surface area contributed by atoms with Crippen LogP contribution in [0.2, 0.25) is 0 Å². The van der Waals surface area contributed by atoms with E-state index in [9.17, 15) is 9.59 Å². The van der Waals surface area contributed by atoms with E-state index >= 15 is 0 Å². The van der Waals surface area contributed by atoms with Crippen molar-refractivity contribution >= 4 is 45.5 Å². The lowest BCUT2D eigenvalue weighted by Gasteiger charge is -2.10. The number of unbranched alkanes of at least 4 members (excludes halogenated alkanes) is 2. The van der Waals surface area contributed by atoms with Gasteiger partial charge in [0, 0.05) is 16.9 Å². The van der Waals surface area contributed by atoms with Gasteiger partial charge in [-0.15, -0.1) is 11.3 Å². The lowest BCUT2D eigenvalue weighted by molar-refractivity contribution is 0.0975. The third kappa shape index (κ3) is 6.88. The molecule has 2 amide bonds. The molecule has 0 radical (unpaired) electrons. The fourth-order valence-electron chi connectivity index (χ4n) is 3.45. The largest absolute Gasteiger partial charge is 0.494 e. The number of thiophene rings is 1. The average molecular weight is 496 g/mol. The summed E-state index contributed by atoms with van der Waals surface area (Å²) in [6, 6.07) is 16.9. The number of anilines is 1. The van der Waals surface area contributed by atoms with Crippen LogP contribution in [-0.4, -0.2) is 23.5 Å². The Morgan fingerprint density at radius 3 is 2.41 bits per heavy atom. The van der Waals surface area contributed by atoms with Gasteiger partial charge in [-0.1, -0.05) is 50.1 Å². The number of hydrogen-bond donors (Lipinski definition) is 3. The van der Waals surface area contributed by atoms with Gasteiger partial charge in [0.2, 0.25) is 0 Å². The highest BCUT2D eigenvalue weighted by Crippen LogP contribution is 2.34. The summed E-state index contributed by atoms with van der Waals surface area (Å²) in [4.78, 5) is 25.7. The van der Waals surface area contributed by atoms with Crippen molar-refractivity contribution in [2.45, 2.75) is 39.5 Å². The summed E-state index contributed by atoms with van der Waals surface area (Å²) in [5.74, 6) is -0.174. The number of nitrogens with two attached hydrogens (primary N) is 1. The molecule has 178 valence electrons. The Morgan fingerprint density at radius 2 is 1.76 bits per heavy atom. The molecule has 0 aliphatic heterocycles. The Balaban J connectivity index is 1.64. The Hall–Kier alpha value is -3.23. The highest BCUT2D eigenvalue weighted by Gasteiger charge is 2.21. The van der Waals surface area contributed by atoms with Crippen LogP contribution in [0.5, 0.6) is 5.75 Å². The number of carbonyl (C=O) groups is 2. The number of thiocarbonyl (C=S) groups is 1. The smallest absolute Gasteiger partial charge is 0.257 e. The first kappa shape index (κ1) is 25.4. The highest BCUT2D eigenvalue weighted by molar-refractivity contribution is 7.80. The Bertz CT molecular complexity index is 1140. The zero-order chi connectivity index (χ0) is 24.5. The van der Waals surface area contributed by atoms with E-state index in [4.69, 9.17) is 22.7 Å². The second kappa shape index (κ2) is 12.3. The van der Waals surface area contributed by atoms with Gasteiger partial charge in [-0.05, 0) is 61.0 Å². The first-order chi connectivity index (χ1) is 16.4. The van der Waals surface area contributed by atoms with Crippen LogP contribution >= 0.6 is 23.6 Å². The van der Waals surface area contributed by atoms with Crippen LogP contribution < -0.4 is 21.1 Å². The monoisotopic (exact) mass is 495 g/mol. The van der Waals surface area contributed by atoms with E-state index in [1.54, 1.807) is 24.3 Å². The SMILES string of the molecule is CCCCCOc1ccc(C(=O)NC(=S)Nc2sc(Cc3ccccc3)c(C)c2C(N)=O)cc1. The van der Waals surface area contributed by atoms with Crippen LogP contribution in [0, 0.1) is 6.92 Å². The molecule has 1 aromatic heterocycles. The number of benzene rings is 2. The molecule has 3 aromatic rings. The molecule has 1 heterocycles. The van der Waals surface area contributed by atoms with Crippen LogP contribution in [0.1, 0.15) is 62.9 Å². The van der Waals surface area contributed by atoms with Crippen LogP contribution in [-0.2, 0) is 6.42 Å². The number of amides is 2. The molecule has 2 aromatic carbocycles. The molecule has 8 heteroatoms. The Kier molecular flexibility index (Phi) is 9.18. The maximum Gasteiger partial charge on any atom is 0.257 e. The van der Waals surface area contributed by atoms with E-state index in [0.29, 0.717) is 29.2 Å². The first-order valence-corrected chi connectivity index (χ1v) is 12.4. The first-order valence-electron chi connectivity index (χ1n) is 11.2. The maximum atomic E-state index is 12.6. The minimum atomic E-state index is -0.542. The fourth-order valence-corrected chi connectivity index (χ4v) is 4.96.